The average Bonchev–Trinajstić information content (AvgIpc) is 2.30. The lowest BCUT2D eigenvalue weighted by Gasteiger charge is -2.33. The molecule has 0 aromatic carbocycles. The molecule has 4 heteroatoms. The van der Waals surface area contributed by atoms with Crippen molar-refractivity contribution in [2.24, 2.45) is 0 Å². The van der Waals surface area contributed by atoms with E-state index in [1.165, 1.54) is 0 Å². The van der Waals surface area contributed by atoms with Gasteiger partial charge in [0.1, 0.15) is 5.82 Å². The molecular formula is C11H16N2O2. The van der Waals surface area contributed by atoms with Crippen molar-refractivity contribution < 1.29 is 9.84 Å². The van der Waals surface area contributed by atoms with Crippen molar-refractivity contribution in [3.8, 4) is 0 Å². The van der Waals surface area contributed by atoms with Gasteiger partial charge in [0, 0.05) is 19.3 Å². The number of aliphatic hydroxyl groups excluding tert-OH is 1. The molecule has 1 saturated heterocycles. The molecule has 0 bridgehead atoms. The highest BCUT2D eigenvalue weighted by atomic mass is 16.5. The number of aliphatic hydroxyl groups is 1. The van der Waals surface area contributed by atoms with Gasteiger partial charge in [0.15, 0.2) is 0 Å². The van der Waals surface area contributed by atoms with Gasteiger partial charge < -0.3 is 14.7 Å². The zero-order valence-corrected chi connectivity index (χ0v) is 8.89. The maximum Gasteiger partial charge on any atom is 0.131 e. The molecule has 2 heterocycles. The molecule has 1 aliphatic heterocycles. The number of anilines is 1. The van der Waals surface area contributed by atoms with Crippen LogP contribution in [-0.4, -0.2) is 42.5 Å². The highest BCUT2D eigenvalue weighted by Gasteiger charge is 2.21. The number of aryl methyl sites for hydroxylation is 1. The second kappa shape index (κ2) is 4.59. The van der Waals surface area contributed by atoms with Crippen LogP contribution in [0.25, 0.3) is 0 Å². The van der Waals surface area contributed by atoms with Gasteiger partial charge in [0.25, 0.3) is 0 Å². The van der Waals surface area contributed by atoms with Crippen molar-refractivity contribution in [1.29, 1.82) is 0 Å². The van der Waals surface area contributed by atoms with Gasteiger partial charge in [0.05, 0.1) is 19.3 Å². The molecule has 1 atom stereocenters. The Morgan fingerprint density at radius 3 is 3.27 bits per heavy atom. The van der Waals surface area contributed by atoms with E-state index in [4.69, 9.17) is 9.84 Å². The third-order valence-corrected chi connectivity index (χ3v) is 2.62. The lowest BCUT2D eigenvalue weighted by atomic mass is 10.2. The minimum absolute atomic E-state index is 0.0718. The number of ether oxygens (including phenoxy) is 1. The molecule has 1 aromatic rings. The molecule has 1 aliphatic rings. The third-order valence-electron chi connectivity index (χ3n) is 2.62. The Hall–Kier alpha value is -1.13. The SMILES string of the molecule is Cc1cccnc1N1CCOC(CO)C1. The summed E-state index contributed by atoms with van der Waals surface area (Å²) < 4.78 is 5.40. The molecular weight excluding hydrogens is 192 g/mol. The number of morpholine rings is 1. The van der Waals surface area contributed by atoms with Crippen molar-refractivity contribution in [2.45, 2.75) is 13.0 Å². The number of hydrogen-bond donors (Lipinski definition) is 1. The lowest BCUT2D eigenvalue weighted by molar-refractivity contribution is 0.00333. The number of nitrogens with zero attached hydrogens (tertiary/aromatic N) is 2. The first-order chi connectivity index (χ1) is 7.31. The van der Waals surface area contributed by atoms with Crippen LogP contribution in [0.3, 0.4) is 0 Å². The van der Waals surface area contributed by atoms with Crippen LogP contribution in [-0.2, 0) is 4.74 Å². The van der Waals surface area contributed by atoms with Crippen LogP contribution in [0.1, 0.15) is 5.56 Å². The van der Waals surface area contributed by atoms with Crippen LogP contribution in [0, 0.1) is 6.92 Å². The second-order valence-electron chi connectivity index (χ2n) is 3.77. The quantitative estimate of drug-likeness (QED) is 0.772. The Balaban J connectivity index is 2.13. The monoisotopic (exact) mass is 208 g/mol. The van der Waals surface area contributed by atoms with Crippen molar-refractivity contribution in [1.82, 2.24) is 4.98 Å². The molecule has 1 aromatic heterocycles. The van der Waals surface area contributed by atoms with E-state index in [2.05, 4.69) is 9.88 Å². The van der Waals surface area contributed by atoms with Crippen LogP contribution >= 0.6 is 0 Å². The molecule has 0 saturated carbocycles. The van der Waals surface area contributed by atoms with E-state index in [1.807, 2.05) is 19.1 Å². The van der Waals surface area contributed by atoms with Crippen molar-refractivity contribution >= 4 is 5.82 Å². The molecule has 0 radical (unpaired) electrons. The fourth-order valence-electron chi connectivity index (χ4n) is 1.83. The van der Waals surface area contributed by atoms with Crippen LogP contribution in [0.15, 0.2) is 18.3 Å². The molecule has 1 N–H and O–H groups in total. The van der Waals surface area contributed by atoms with Crippen LogP contribution in [0.4, 0.5) is 5.82 Å². The number of hydrogen-bond acceptors (Lipinski definition) is 4. The molecule has 82 valence electrons. The predicted molar refractivity (Wildman–Crippen MR) is 58.0 cm³/mol. The minimum atomic E-state index is -0.0832. The van der Waals surface area contributed by atoms with Gasteiger partial charge in [0.2, 0.25) is 0 Å². The molecule has 0 aliphatic carbocycles. The molecule has 15 heavy (non-hydrogen) atoms. The van der Waals surface area contributed by atoms with E-state index in [1.54, 1.807) is 6.20 Å². The largest absolute Gasteiger partial charge is 0.394 e. The van der Waals surface area contributed by atoms with E-state index in [9.17, 15) is 0 Å². The summed E-state index contributed by atoms with van der Waals surface area (Å²) in [4.78, 5) is 6.53. The molecule has 2 rings (SSSR count). The zero-order valence-electron chi connectivity index (χ0n) is 8.89. The van der Waals surface area contributed by atoms with Crippen molar-refractivity contribution in [2.75, 3.05) is 31.2 Å². The van der Waals surface area contributed by atoms with Gasteiger partial charge in [-0.1, -0.05) is 6.07 Å². The fourth-order valence-corrected chi connectivity index (χ4v) is 1.83. The predicted octanol–water partition coefficient (Wildman–Crippen LogP) is 0.588. The Bertz CT molecular complexity index is 330. The van der Waals surface area contributed by atoms with E-state index in [0.717, 1.165) is 17.9 Å². The topological polar surface area (TPSA) is 45.6 Å². The first kappa shape index (κ1) is 10.4. The summed E-state index contributed by atoms with van der Waals surface area (Å²) in [6.45, 7) is 4.33. The van der Waals surface area contributed by atoms with Gasteiger partial charge >= 0.3 is 0 Å². The Morgan fingerprint density at radius 2 is 2.53 bits per heavy atom. The van der Waals surface area contributed by atoms with Crippen LogP contribution < -0.4 is 4.90 Å². The van der Waals surface area contributed by atoms with E-state index < -0.39 is 0 Å². The molecule has 0 spiro atoms. The van der Waals surface area contributed by atoms with Gasteiger partial charge in [-0.25, -0.2) is 4.98 Å². The Morgan fingerprint density at radius 1 is 1.67 bits per heavy atom. The summed E-state index contributed by atoms with van der Waals surface area (Å²) in [5.74, 6) is 0.999. The fraction of sp³-hybridized carbons (Fsp3) is 0.545. The Kier molecular flexibility index (Phi) is 3.18. The summed E-state index contributed by atoms with van der Waals surface area (Å²) in [7, 11) is 0. The van der Waals surface area contributed by atoms with Gasteiger partial charge in [-0.15, -0.1) is 0 Å². The highest BCUT2D eigenvalue weighted by molar-refractivity contribution is 5.46. The first-order valence-corrected chi connectivity index (χ1v) is 5.20. The van der Waals surface area contributed by atoms with Crippen molar-refractivity contribution in [3.63, 3.8) is 0 Å². The standard InChI is InChI=1S/C11H16N2O2/c1-9-3-2-4-12-11(9)13-5-6-15-10(7-13)8-14/h2-4,10,14H,5-8H2,1H3. The smallest absolute Gasteiger partial charge is 0.131 e. The average molecular weight is 208 g/mol. The summed E-state index contributed by atoms with van der Waals surface area (Å²) in [5, 5.41) is 9.05. The second-order valence-corrected chi connectivity index (χ2v) is 3.77. The van der Waals surface area contributed by atoms with Gasteiger partial charge in [-0.2, -0.15) is 0 Å². The lowest BCUT2D eigenvalue weighted by Crippen LogP contribution is -2.44. The Labute approximate surface area is 89.5 Å². The van der Waals surface area contributed by atoms with E-state index in [-0.39, 0.29) is 12.7 Å². The summed E-state index contributed by atoms with van der Waals surface area (Å²) >= 11 is 0. The minimum Gasteiger partial charge on any atom is -0.394 e. The zero-order chi connectivity index (χ0) is 10.7. The van der Waals surface area contributed by atoms with Crippen LogP contribution in [0.5, 0.6) is 0 Å². The number of pyridine rings is 1. The molecule has 0 amide bonds. The maximum atomic E-state index is 9.05. The summed E-state index contributed by atoms with van der Waals surface area (Å²) in [5.41, 5.74) is 1.16. The normalized spacial score (nSPS) is 21.7. The van der Waals surface area contributed by atoms with Gasteiger partial charge in [-0.05, 0) is 18.6 Å². The van der Waals surface area contributed by atoms with Crippen molar-refractivity contribution in [3.05, 3.63) is 23.9 Å². The van der Waals surface area contributed by atoms with Gasteiger partial charge in [-0.3, -0.25) is 0 Å². The molecule has 1 fully saturated rings. The first-order valence-electron chi connectivity index (χ1n) is 5.20. The summed E-state index contributed by atoms with van der Waals surface area (Å²) in [6.07, 6.45) is 1.71. The number of rotatable bonds is 2. The third kappa shape index (κ3) is 2.27. The van der Waals surface area contributed by atoms with E-state index in [0.29, 0.717) is 13.2 Å². The van der Waals surface area contributed by atoms with Crippen LogP contribution in [0.2, 0.25) is 0 Å². The summed E-state index contributed by atoms with van der Waals surface area (Å²) in [6, 6.07) is 3.98. The maximum absolute atomic E-state index is 9.05. The number of aromatic nitrogens is 1. The van der Waals surface area contributed by atoms with E-state index >= 15 is 0 Å². The molecule has 1 unspecified atom stereocenters. The molecule has 4 nitrogen and oxygen atoms in total. The highest BCUT2D eigenvalue weighted by Crippen LogP contribution is 2.18.